The van der Waals surface area contributed by atoms with Crippen LogP contribution in [0.2, 0.25) is 0 Å². The van der Waals surface area contributed by atoms with Crippen LogP contribution >= 0.6 is 59.6 Å². The molecule has 1 heterocycles. The largest absolute Gasteiger partial charge is 0.493 e. The average Bonchev–Trinajstić information content (AvgIpc) is 3.27. The van der Waals surface area contributed by atoms with Crippen LogP contribution in [0.3, 0.4) is 0 Å². The van der Waals surface area contributed by atoms with Crippen molar-refractivity contribution in [3.05, 3.63) is 72.1 Å². The highest BCUT2D eigenvalue weighted by molar-refractivity contribution is 9.13. The summed E-state index contributed by atoms with van der Waals surface area (Å²) in [5, 5.41) is 1.60. The molecule has 0 radical (unpaired) electrons. The lowest BCUT2D eigenvalue weighted by Gasteiger charge is -2.20. The number of nitrogens with one attached hydrogen (secondary N) is 1. The smallest absolute Gasteiger partial charge is 0.286 e. The maximum atomic E-state index is 11.9. The maximum absolute atomic E-state index is 11.9. The lowest BCUT2D eigenvalue weighted by atomic mass is 9.98. The Hall–Kier alpha value is -2.41. The second-order valence-electron chi connectivity index (χ2n) is 8.66. The van der Waals surface area contributed by atoms with E-state index in [0.717, 1.165) is 47.4 Å². The second kappa shape index (κ2) is 13.5. The summed E-state index contributed by atoms with van der Waals surface area (Å²) in [7, 11) is 6.37. The van der Waals surface area contributed by atoms with Crippen molar-refractivity contribution in [1.29, 1.82) is 0 Å². The average molecular weight is 760 g/mol. The summed E-state index contributed by atoms with van der Waals surface area (Å²) in [5.74, 6) is 2.75. The molecule has 1 saturated heterocycles. The van der Waals surface area contributed by atoms with Crippen LogP contribution in [0.5, 0.6) is 28.7 Å². The fraction of sp³-hybridized carbons (Fsp3) is 0.286. The second-order valence-corrected chi connectivity index (χ2v) is 12.2. The summed E-state index contributed by atoms with van der Waals surface area (Å²) in [6, 6.07) is 11.3. The van der Waals surface area contributed by atoms with Crippen molar-refractivity contribution >= 4 is 70.7 Å². The third-order valence-electron chi connectivity index (χ3n) is 6.31. The first-order valence-corrected chi connectivity index (χ1v) is 15.2. The first-order chi connectivity index (χ1) is 19.2. The molecule has 3 aromatic rings. The van der Waals surface area contributed by atoms with E-state index in [4.69, 9.17) is 23.7 Å². The molecule has 2 amide bonds. The van der Waals surface area contributed by atoms with Gasteiger partial charge in [-0.3, -0.25) is 14.9 Å². The third kappa shape index (κ3) is 6.56. The molecule has 12 heteroatoms. The van der Waals surface area contributed by atoms with E-state index >= 15 is 0 Å². The zero-order valence-electron chi connectivity index (χ0n) is 22.1. The Morgan fingerprint density at radius 2 is 1.40 bits per heavy atom. The molecule has 40 heavy (non-hydrogen) atoms. The molecule has 0 aromatic heterocycles. The van der Waals surface area contributed by atoms with E-state index < -0.39 is 5.25 Å². The topological polar surface area (TPSA) is 92.3 Å². The molecule has 8 nitrogen and oxygen atoms in total. The number of thioether (sulfide) groups is 1. The Morgan fingerprint density at radius 1 is 0.800 bits per heavy atom. The Bertz CT molecular complexity index is 1430. The quantitative estimate of drug-likeness (QED) is 0.222. The lowest BCUT2D eigenvalue weighted by Crippen LogP contribution is -2.25. The maximum Gasteiger partial charge on any atom is 0.286 e. The molecule has 0 aliphatic carbocycles. The lowest BCUT2D eigenvalue weighted by molar-refractivity contribution is -0.118. The van der Waals surface area contributed by atoms with Gasteiger partial charge in [-0.05, 0) is 101 Å². The Morgan fingerprint density at radius 3 is 1.95 bits per heavy atom. The normalized spacial score (nSPS) is 14.6. The third-order valence-corrected chi connectivity index (χ3v) is 10.3. The molecular formula is C28H26Br3NO7S. The summed E-state index contributed by atoms with van der Waals surface area (Å²) >= 11 is 12.1. The van der Waals surface area contributed by atoms with Crippen LogP contribution in [0.15, 0.2) is 49.8 Å². The van der Waals surface area contributed by atoms with Gasteiger partial charge >= 0.3 is 0 Å². The number of rotatable bonds is 11. The van der Waals surface area contributed by atoms with Gasteiger partial charge in [-0.25, -0.2) is 0 Å². The predicted molar refractivity (Wildman–Crippen MR) is 164 cm³/mol. The number of hydrogen-bond donors (Lipinski definition) is 1. The Balaban J connectivity index is 1.61. The van der Waals surface area contributed by atoms with E-state index in [9.17, 15) is 9.59 Å². The number of hydrogen-bond acceptors (Lipinski definition) is 8. The number of ether oxygens (including phenoxy) is 5. The van der Waals surface area contributed by atoms with Gasteiger partial charge in [0.1, 0.15) is 12.4 Å². The number of carbonyl (C=O) groups excluding carboxylic acids is 2. The molecule has 1 aliphatic rings. The van der Waals surface area contributed by atoms with E-state index in [-0.39, 0.29) is 17.8 Å². The summed E-state index contributed by atoms with van der Waals surface area (Å²) in [6.45, 7) is 0.259. The zero-order chi connectivity index (χ0) is 29.0. The monoisotopic (exact) mass is 757 g/mol. The fourth-order valence-electron chi connectivity index (χ4n) is 4.28. The summed E-state index contributed by atoms with van der Waals surface area (Å²) in [6.07, 6.45) is 0.975. The standard InChI is InChI=1S/C28H26Br3NO7S/c1-35-19-11-15(22(29)24(31)26(19)38-4)10-18-16(12-20(36-2)25(37-3)23(18)30)13-39-17-7-5-14(6-8-17)9-21-27(33)32-28(34)40-21/h5-8,11-12,21H,9-10,13H2,1-4H3,(H,32,33,34). The Kier molecular flexibility index (Phi) is 10.3. The first kappa shape index (κ1) is 30.5. The number of carbonyl (C=O) groups is 2. The molecule has 1 atom stereocenters. The minimum Gasteiger partial charge on any atom is -0.493 e. The van der Waals surface area contributed by atoms with Crippen molar-refractivity contribution in [2.45, 2.75) is 24.7 Å². The molecule has 1 fully saturated rings. The van der Waals surface area contributed by atoms with Gasteiger partial charge in [0.15, 0.2) is 23.0 Å². The zero-order valence-corrected chi connectivity index (χ0v) is 27.6. The summed E-state index contributed by atoms with van der Waals surface area (Å²) in [4.78, 5) is 23.3. The number of benzene rings is 3. The van der Waals surface area contributed by atoms with E-state index in [1.54, 1.807) is 28.4 Å². The number of methoxy groups -OCH3 is 4. The predicted octanol–water partition coefficient (Wildman–Crippen LogP) is 7.07. The van der Waals surface area contributed by atoms with Gasteiger partial charge in [-0.2, -0.15) is 0 Å². The molecule has 1 aliphatic heterocycles. The molecule has 1 unspecified atom stereocenters. The molecule has 4 rings (SSSR count). The summed E-state index contributed by atoms with van der Waals surface area (Å²) in [5.41, 5.74) is 3.73. The van der Waals surface area contributed by atoms with Gasteiger partial charge in [-0.15, -0.1) is 0 Å². The number of amides is 2. The van der Waals surface area contributed by atoms with E-state index in [1.807, 2.05) is 36.4 Å². The van der Waals surface area contributed by atoms with Gasteiger partial charge in [-0.1, -0.05) is 23.9 Å². The van der Waals surface area contributed by atoms with Crippen LogP contribution in [0.4, 0.5) is 4.79 Å². The van der Waals surface area contributed by atoms with Crippen LogP contribution in [0.1, 0.15) is 22.3 Å². The van der Waals surface area contributed by atoms with Crippen LogP contribution in [0, 0.1) is 0 Å². The van der Waals surface area contributed by atoms with Crippen molar-refractivity contribution in [3.8, 4) is 28.7 Å². The van der Waals surface area contributed by atoms with Gasteiger partial charge in [0, 0.05) is 10.9 Å². The van der Waals surface area contributed by atoms with E-state index in [2.05, 4.69) is 53.1 Å². The van der Waals surface area contributed by atoms with Crippen molar-refractivity contribution in [2.75, 3.05) is 28.4 Å². The highest BCUT2D eigenvalue weighted by Crippen LogP contribution is 2.46. The molecule has 0 saturated carbocycles. The van der Waals surface area contributed by atoms with Crippen molar-refractivity contribution in [2.24, 2.45) is 0 Å². The number of halogens is 3. The molecule has 212 valence electrons. The van der Waals surface area contributed by atoms with Crippen LogP contribution < -0.4 is 29.0 Å². The van der Waals surface area contributed by atoms with Gasteiger partial charge in [0.25, 0.3) is 5.24 Å². The van der Waals surface area contributed by atoms with E-state index in [1.165, 1.54) is 0 Å². The minimum atomic E-state index is -0.415. The number of imide groups is 1. The van der Waals surface area contributed by atoms with Crippen molar-refractivity contribution in [1.82, 2.24) is 5.32 Å². The van der Waals surface area contributed by atoms with Gasteiger partial charge in [0.2, 0.25) is 5.91 Å². The van der Waals surface area contributed by atoms with Crippen LogP contribution in [-0.2, 0) is 24.2 Å². The molecule has 3 aromatic carbocycles. The van der Waals surface area contributed by atoms with Crippen molar-refractivity contribution in [3.63, 3.8) is 0 Å². The van der Waals surface area contributed by atoms with Gasteiger partial charge in [0.05, 0.1) is 42.6 Å². The van der Waals surface area contributed by atoms with E-state index in [0.29, 0.717) is 41.6 Å². The molecule has 1 N–H and O–H groups in total. The van der Waals surface area contributed by atoms with Crippen LogP contribution in [0.25, 0.3) is 0 Å². The fourth-order valence-corrected chi connectivity index (χ4v) is 6.94. The highest BCUT2D eigenvalue weighted by atomic mass is 79.9. The SMILES string of the molecule is COc1cc(Cc2c(COc3ccc(CC4SC(=O)NC4=O)cc3)cc(OC)c(OC)c2Br)c(Br)c(Br)c1OC. The van der Waals surface area contributed by atoms with Gasteiger partial charge < -0.3 is 23.7 Å². The first-order valence-electron chi connectivity index (χ1n) is 11.9. The summed E-state index contributed by atoms with van der Waals surface area (Å²) < 4.78 is 30.8. The van der Waals surface area contributed by atoms with Crippen molar-refractivity contribution < 1.29 is 33.3 Å². The minimum absolute atomic E-state index is 0.255. The molecule has 0 spiro atoms. The highest BCUT2D eigenvalue weighted by Gasteiger charge is 2.31. The molecule has 0 bridgehead atoms. The molecular weight excluding hydrogens is 734 g/mol. The van der Waals surface area contributed by atoms with Crippen LogP contribution in [-0.4, -0.2) is 44.8 Å². The Labute approximate surface area is 261 Å².